The third-order valence-electron chi connectivity index (χ3n) is 5.18. The Balaban J connectivity index is 1.83. The van der Waals surface area contributed by atoms with Crippen molar-refractivity contribution in [3.05, 3.63) is 23.3 Å². The number of likely N-dealkylation sites (N-methyl/N-ethyl adjacent to an activating group) is 2. The number of fused-ring (bicyclic) bond motifs is 2. The highest BCUT2D eigenvalue weighted by molar-refractivity contribution is 5.51. The predicted octanol–water partition coefficient (Wildman–Crippen LogP) is 3.31. The van der Waals surface area contributed by atoms with E-state index in [9.17, 15) is 0 Å². The summed E-state index contributed by atoms with van der Waals surface area (Å²) in [5.41, 5.74) is 2.91. The fourth-order valence-electron chi connectivity index (χ4n) is 3.92. The topological polar surface area (TPSA) is 24.9 Å². The van der Waals surface area contributed by atoms with Crippen LogP contribution in [0.3, 0.4) is 0 Å². The van der Waals surface area contributed by atoms with E-state index in [-0.39, 0.29) is 0 Å². The minimum Gasteiger partial charge on any atom is -0.454 e. The zero-order valence-corrected chi connectivity index (χ0v) is 15.0. The molecule has 0 radical (unpaired) electrons. The molecule has 0 aromatic heterocycles. The van der Waals surface area contributed by atoms with E-state index in [0.717, 1.165) is 24.6 Å². The maximum Gasteiger partial charge on any atom is 0.231 e. The van der Waals surface area contributed by atoms with E-state index in [0.29, 0.717) is 18.8 Å². The number of benzene rings is 1. The molecule has 0 bridgehead atoms. The second kappa shape index (κ2) is 7.10. The summed E-state index contributed by atoms with van der Waals surface area (Å²) in [7, 11) is 6.55. The first-order chi connectivity index (χ1) is 11.1. The molecule has 2 unspecified atom stereocenters. The highest BCUT2D eigenvalue weighted by Crippen LogP contribution is 2.47. The Morgan fingerprint density at radius 1 is 1.09 bits per heavy atom. The van der Waals surface area contributed by atoms with Gasteiger partial charge in [-0.15, -0.1) is 0 Å². The van der Waals surface area contributed by atoms with Gasteiger partial charge < -0.3 is 14.4 Å². The van der Waals surface area contributed by atoms with Gasteiger partial charge in [-0.25, -0.2) is 0 Å². The molecule has 4 heteroatoms. The predicted molar refractivity (Wildman–Crippen MR) is 93.2 cm³/mol. The quantitative estimate of drug-likeness (QED) is 0.770. The lowest BCUT2D eigenvalue weighted by atomic mass is 9.93. The zero-order chi connectivity index (χ0) is 16.4. The summed E-state index contributed by atoms with van der Waals surface area (Å²) in [4.78, 5) is 4.79. The Bertz CT molecular complexity index is 544. The van der Waals surface area contributed by atoms with Gasteiger partial charge in [-0.1, -0.05) is 19.8 Å². The molecule has 0 saturated carbocycles. The van der Waals surface area contributed by atoms with Gasteiger partial charge in [0.25, 0.3) is 0 Å². The fourth-order valence-corrected chi connectivity index (χ4v) is 3.92. The van der Waals surface area contributed by atoms with Crippen LogP contribution in [0.15, 0.2) is 12.1 Å². The first-order valence-corrected chi connectivity index (χ1v) is 8.87. The first-order valence-electron chi connectivity index (χ1n) is 8.87. The molecule has 0 N–H and O–H groups in total. The molecule has 1 heterocycles. The van der Waals surface area contributed by atoms with E-state index < -0.39 is 0 Å². The van der Waals surface area contributed by atoms with Crippen LogP contribution in [0.1, 0.15) is 43.4 Å². The number of hydrogen-bond donors (Lipinski definition) is 0. The van der Waals surface area contributed by atoms with Crippen LogP contribution in [0, 0.1) is 5.92 Å². The monoisotopic (exact) mass is 318 g/mol. The van der Waals surface area contributed by atoms with Crippen molar-refractivity contribution in [2.24, 2.45) is 5.92 Å². The van der Waals surface area contributed by atoms with E-state index in [1.54, 1.807) is 0 Å². The van der Waals surface area contributed by atoms with Crippen molar-refractivity contribution in [2.75, 3.05) is 41.0 Å². The SMILES string of the molecule is CCCCC1Cc2cc3c(cc2C1N(C)CCN(C)C)OCO3. The van der Waals surface area contributed by atoms with Crippen molar-refractivity contribution < 1.29 is 9.47 Å². The molecule has 0 spiro atoms. The van der Waals surface area contributed by atoms with Gasteiger partial charge in [0.15, 0.2) is 11.5 Å². The summed E-state index contributed by atoms with van der Waals surface area (Å²) in [6.07, 6.45) is 5.05. The largest absolute Gasteiger partial charge is 0.454 e. The van der Waals surface area contributed by atoms with E-state index >= 15 is 0 Å². The second-order valence-corrected chi connectivity index (χ2v) is 7.24. The third kappa shape index (κ3) is 3.48. The molecule has 0 amide bonds. The van der Waals surface area contributed by atoms with Crippen molar-refractivity contribution in [1.29, 1.82) is 0 Å². The summed E-state index contributed by atoms with van der Waals surface area (Å²) < 4.78 is 11.2. The van der Waals surface area contributed by atoms with E-state index in [2.05, 4.69) is 50.0 Å². The van der Waals surface area contributed by atoms with Crippen LogP contribution < -0.4 is 9.47 Å². The Morgan fingerprint density at radius 2 is 1.83 bits per heavy atom. The summed E-state index contributed by atoms with van der Waals surface area (Å²) in [6.45, 7) is 4.82. The zero-order valence-electron chi connectivity index (χ0n) is 15.0. The number of ether oxygens (including phenoxy) is 2. The molecule has 1 aromatic carbocycles. The Kier molecular flexibility index (Phi) is 5.12. The summed E-state index contributed by atoms with van der Waals surface area (Å²) in [5.74, 6) is 2.56. The molecule has 3 rings (SSSR count). The lowest BCUT2D eigenvalue weighted by Gasteiger charge is -2.31. The maximum atomic E-state index is 5.62. The third-order valence-corrected chi connectivity index (χ3v) is 5.18. The van der Waals surface area contributed by atoms with E-state index in [1.165, 1.54) is 36.8 Å². The van der Waals surface area contributed by atoms with E-state index in [1.807, 2.05) is 0 Å². The molecule has 2 aliphatic rings. The first kappa shape index (κ1) is 16.6. The Morgan fingerprint density at radius 3 is 2.52 bits per heavy atom. The van der Waals surface area contributed by atoms with Crippen molar-refractivity contribution in [1.82, 2.24) is 9.80 Å². The van der Waals surface area contributed by atoms with Crippen LogP contribution in [-0.4, -0.2) is 50.8 Å². The molecule has 128 valence electrons. The lowest BCUT2D eigenvalue weighted by molar-refractivity contribution is 0.165. The van der Waals surface area contributed by atoms with Gasteiger partial charge in [0.2, 0.25) is 6.79 Å². The smallest absolute Gasteiger partial charge is 0.231 e. The van der Waals surface area contributed by atoms with Crippen LogP contribution >= 0.6 is 0 Å². The highest BCUT2D eigenvalue weighted by Gasteiger charge is 2.36. The van der Waals surface area contributed by atoms with Gasteiger partial charge in [0.05, 0.1) is 0 Å². The maximum absolute atomic E-state index is 5.62. The van der Waals surface area contributed by atoms with Crippen LogP contribution in [-0.2, 0) is 6.42 Å². The minimum atomic E-state index is 0.360. The molecular formula is C19H30N2O2. The number of hydrogen-bond acceptors (Lipinski definition) is 4. The normalized spacial score (nSPS) is 22.2. The standard InChI is InChI=1S/C19H30N2O2/c1-5-6-7-14-10-15-11-17-18(23-13-22-17)12-16(15)19(14)21(4)9-8-20(2)3/h11-12,14,19H,5-10,13H2,1-4H3. The fraction of sp³-hybridized carbons (Fsp3) is 0.684. The van der Waals surface area contributed by atoms with Crippen molar-refractivity contribution >= 4 is 0 Å². The molecule has 23 heavy (non-hydrogen) atoms. The minimum absolute atomic E-state index is 0.360. The molecule has 0 saturated heterocycles. The molecule has 1 aliphatic carbocycles. The van der Waals surface area contributed by atoms with Crippen LogP contribution in [0.25, 0.3) is 0 Å². The second-order valence-electron chi connectivity index (χ2n) is 7.24. The highest BCUT2D eigenvalue weighted by atomic mass is 16.7. The molecule has 1 aliphatic heterocycles. The average Bonchev–Trinajstić information content (AvgIpc) is 3.11. The Hall–Kier alpha value is -1.26. The van der Waals surface area contributed by atoms with Crippen LogP contribution in [0.2, 0.25) is 0 Å². The molecule has 1 aromatic rings. The number of rotatable bonds is 7. The van der Waals surface area contributed by atoms with Gasteiger partial charge in [-0.2, -0.15) is 0 Å². The molecule has 4 nitrogen and oxygen atoms in total. The number of nitrogens with zero attached hydrogens (tertiary/aromatic N) is 2. The van der Waals surface area contributed by atoms with Crippen LogP contribution in [0.5, 0.6) is 11.5 Å². The summed E-state index contributed by atoms with van der Waals surface area (Å²) >= 11 is 0. The van der Waals surface area contributed by atoms with Gasteiger partial charge in [0, 0.05) is 19.1 Å². The van der Waals surface area contributed by atoms with Gasteiger partial charge >= 0.3 is 0 Å². The summed E-state index contributed by atoms with van der Waals surface area (Å²) in [5, 5.41) is 0. The molecule has 2 atom stereocenters. The summed E-state index contributed by atoms with van der Waals surface area (Å²) in [6, 6.07) is 4.96. The van der Waals surface area contributed by atoms with Gasteiger partial charge in [-0.05, 0) is 63.2 Å². The van der Waals surface area contributed by atoms with Crippen LogP contribution in [0.4, 0.5) is 0 Å². The van der Waals surface area contributed by atoms with Gasteiger partial charge in [0.1, 0.15) is 0 Å². The molecular weight excluding hydrogens is 288 g/mol. The van der Waals surface area contributed by atoms with E-state index in [4.69, 9.17) is 9.47 Å². The lowest BCUT2D eigenvalue weighted by Crippen LogP contribution is -2.34. The Labute approximate surface area is 140 Å². The van der Waals surface area contributed by atoms with Crippen molar-refractivity contribution in [3.63, 3.8) is 0 Å². The van der Waals surface area contributed by atoms with Gasteiger partial charge in [-0.3, -0.25) is 4.90 Å². The average molecular weight is 318 g/mol. The van der Waals surface area contributed by atoms with Crippen molar-refractivity contribution in [3.8, 4) is 11.5 Å². The molecule has 0 fully saturated rings. The van der Waals surface area contributed by atoms with Crippen molar-refractivity contribution in [2.45, 2.75) is 38.6 Å². The number of unbranched alkanes of at least 4 members (excludes halogenated alkanes) is 1.